The van der Waals surface area contributed by atoms with E-state index in [1.165, 1.54) is 18.2 Å². The zero-order valence-corrected chi connectivity index (χ0v) is 16.1. The number of benzene rings is 1. The largest absolute Gasteiger partial charge is 0.342 e. The molecule has 1 unspecified atom stereocenters. The number of hydrogen-bond donors (Lipinski definition) is 0. The molecule has 0 N–H and O–H groups in total. The average Bonchev–Trinajstić information content (AvgIpc) is 3.20. The van der Waals surface area contributed by atoms with E-state index in [1.54, 1.807) is 17.0 Å². The third-order valence-corrected chi connectivity index (χ3v) is 5.57. The summed E-state index contributed by atoms with van der Waals surface area (Å²) in [4.78, 5) is 32.2. The van der Waals surface area contributed by atoms with Crippen LogP contribution in [0.3, 0.4) is 0 Å². The first-order chi connectivity index (χ1) is 14.0. The number of nitrogens with zero attached hydrogens (tertiary/aromatic N) is 4. The van der Waals surface area contributed by atoms with Gasteiger partial charge in [0.25, 0.3) is 0 Å². The van der Waals surface area contributed by atoms with Gasteiger partial charge in [-0.3, -0.25) is 9.59 Å². The fraction of sp³-hybridized carbons (Fsp3) is 0.429. The lowest BCUT2D eigenvalue weighted by atomic mass is 9.93. The van der Waals surface area contributed by atoms with Gasteiger partial charge in [0.1, 0.15) is 5.82 Å². The van der Waals surface area contributed by atoms with Crippen molar-refractivity contribution in [2.24, 2.45) is 5.92 Å². The predicted molar refractivity (Wildman–Crippen MR) is 103 cm³/mol. The first-order valence-corrected chi connectivity index (χ1v) is 9.82. The highest BCUT2D eigenvalue weighted by atomic mass is 19.1. The van der Waals surface area contributed by atoms with Gasteiger partial charge in [-0.1, -0.05) is 11.7 Å². The lowest BCUT2D eigenvalue weighted by molar-refractivity contribution is -0.139. The summed E-state index contributed by atoms with van der Waals surface area (Å²) in [5.41, 5.74) is 0.689. The predicted octanol–water partition coefficient (Wildman–Crippen LogP) is 2.62. The van der Waals surface area contributed by atoms with Crippen molar-refractivity contribution in [3.63, 3.8) is 0 Å². The summed E-state index contributed by atoms with van der Waals surface area (Å²) in [5.74, 6) is 0.833. The Kier molecular flexibility index (Phi) is 5.42. The van der Waals surface area contributed by atoms with Crippen LogP contribution in [0.5, 0.6) is 0 Å². The highest BCUT2D eigenvalue weighted by Crippen LogP contribution is 2.29. The summed E-state index contributed by atoms with van der Waals surface area (Å²) in [5, 5.41) is 4.01. The molecule has 2 aliphatic heterocycles. The van der Waals surface area contributed by atoms with Crippen molar-refractivity contribution >= 4 is 11.8 Å². The van der Waals surface area contributed by atoms with Crippen LogP contribution >= 0.6 is 0 Å². The molecule has 2 saturated heterocycles. The van der Waals surface area contributed by atoms with Crippen molar-refractivity contribution in [2.45, 2.75) is 25.2 Å². The van der Waals surface area contributed by atoms with Crippen LogP contribution in [0.25, 0.3) is 11.4 Å². The van der Waals surface area contributed by atoms with Crippen LogP contribution in [-0.2, 0) is 9.59 Å². The van der Waals surface area contributed by atoms with E-state index in [0.29, 0.717) is 43.3 Å². The second-order valence-electron chi connectivity index (χ2n) is 7.66. The quantitative estimate of drug-likeness (QED) is 0.724. The van der Waals surface area contributed by atoms with Crippen molar-refractivity contribution in [2.75, 3.05) is 26.2 Å². The summed E-state index contributed by atoms with van der Waals surface area (Å²) in [6, 6.07) is 5.94. The molecule has 0 spiro atoms. The minimum absolute atomic E-state index is 0.00497. The second-order valence-corrected chi connectivity index (χ2v) is 7.66. The summed E-state index contributed by atoms with van der Waals surface area (Å²) >= 11 is 0. The normalized spacial score (nSPS) is 19.7. The van der Waals surface area contributed by atoms with Crippen LogP contribution in [0.2, 0.25) is 0 Å². The first kappa shape index (κ1) is 19.3. The molecular formula is C21H23FN4O3. The van der Waals surface area contributed by atoms with E-state index < -0.39 is 0 Å². The maximum absolute atomic E-state index is 13.1. The van der Waals surface area contributed by atoms with Gasteiger partial charge in [0.05, 0.1) is 5.92 Å². The molecule has 0 aliphatic carbocycles. The molecule has 29 heavy (non-hydrogen) atoms. The molecule has 0 saturated carbocycles. The number of hydrogen-bond acceptors (Lipinski definition) is 5. The minimum atomic E-state index is -0.317. The van der Waals surface area contributed by atoms with E-state index in [9.17, 15) is 14.0 Å². The number of rotatable bonds is 5. The molecular weight excluding hydrogens is 375 g/mol. The number of aromatic nitrogens is 2. The molecule has 1 aromatic carbocycles. The van der Waals surface area contributed by atoms with Crippen molar-refractivity contribution in [3.8, 4) is 11.4 Å². The lowest BCUT2D eigenvalue weighted by Gasteiger charge is -2.40. The fourth-order valence-corrected chi connectivity index (χ4v) is 3.91. The van der Waals surface area contributed by atoms with Gasteiger partial charge in [-0.05, 0) is 43.2 Å². The maximum atomic E-state index is 13.1. The number of likely N-dealkylation sites (tertiary alicyclic amines) is 2. The highest BCUT2D eigenvalue weighted by Gasteiger charge is 2.34. The molecule has 2 amide bonds. The standard InChI is InChI=1S/C21H23FN4O3/c1-2-18(27)26-11-14(12-26)10-19(28)25-9-3-4-16(13-25)21-23-20(24-29-21)15-5-7-17(22)8-6-15/h2,5-8,14,16H,1,3-4,9-13H2. The maximum Gasteiger partial charge on any atom is 0.245 e. The summed E-state index contributed by atoms with van der Waals surface area (Å²) in [7, 11) is 0. The molecule has 1 aromatic heterocycles. The molecule has 2 aromatic rings. The van der Waals surface area contributed by atoms with E-state index >= 15 is 0 Å². The van der Waals surface area contributed by atoms with Gasteiger partial charge in [0.15, 0.2) is 0 Å². The monoisotopic (exact) mass is 398 g/mol. The first-order valence-electron chi connectivity index (χ1n) is 9.82. The second kappa shape index (κ2) is 8.14. The van der Waals surface area contributed by atoms with Crippen LogP contribution in [0.4, 0.5) is 4.39 Å². The fourth-order valence-electron chi connectivity index (χ4n) is 3.91. The van der Waals surface area contributed by atoms with Crippen LogP contribution in [-0.4, -0.2) is 57.9 Å². The summed E-state index contributed by atoms with van der Waals surface area (Å²) < 4.78 is 18.5. The van der Waals surface area contributed by atoms with Crippen LogP contribution in [0, 0.1) is 11.7 Å². The van der Waals surface area contributed by atoms with Gasteiger partial charge in [-0.25, -0.2) is 4.39 Å². The lowest BCUT2D eigenvalue weighted by Crippen LogP contribution is -2.51. The Labute approximate surface area is 168 Å². The van der Waals surface area contributed by atoms with Gasteiger partial charge in [-0.2, -0.15) is 4.98 Å². The smallest absolute Gasteiger partial charge is 0.245 e. The minimum Gasteiger partial charge on any atom is -0.342 e. The molecule has 0 bridgehead atoms. The summed E-state index contributed by atoms with van der Waals surface area (Å²) in [6.07, 6.45) is 3.49. The Bertz CT molecular complexity index is 905. The number of carbonyl (C=O) groups is 2. The molecule has 4 rings (SSSR count). The van der Waals surface area contributed by atoms with Crippen LogP contribution < -0.4 is 0 Å². The number of amides is 2. The van der Waals surface area contributed by atoms with E-state index in [1.807, 2.05) is 4.90 Å². The zero-order valence-electron chi connectivity index (χ0n) is 16.1. The number of piperidine rings is 1. The van der Waals surface area contributed by atoms with Crippen molar-refractivity contribution in [1.29, 1.82) is 0 Å². The van der Waals surface area contributed by atoms with Crippen molar-refractivity contribution < 1.29 is 18.5 Å². The Morgan fingerprint density at radius 1 is 1.21 bits per heavy atom. The number of carbonyl (C=O) groups excluding carboxylic acids is 2. The molecule has 2 aliphatic rings. The van der Waals surface area contributed by atoms with E-state index in [-0.39, 0.29) is 29.5 Å². The van der Waals surface area contributed by atoms with Gasteiger partial charge >= 0.3 is 0 Å². The van der Waals surface area contributed by atoms with Crippen LogP contribution in [0.1, 0.15) is 31.1 Å². The Morgan fingerprint density at radius 3 is 2.69 bits per heavy atom. The van der Waals surface area contributed by atoms with E-state index in [4.69, 9.17) is 4.52 Å². The Hall–Kier alpha value is -3.03. The van der Waals surface area contributed by atoms with Crippen molar-refractivity contribution in [3.05, 3.63) is 48.6 Å². The third kappa shape index (κ3) is 4.21. The average molecular weight is 398 g/mol. The third-order valence-electron chi connectivity index (χ3n) is 5.57. The van der Waals surface area contributed by atoms with E-state index in [0.717, 1.165) is 19.4 Å². The van der Waals surface area contributed by atoms with Gasteiger partial charge < -0.3 is 14.3 Å². The molecule has 152 valence electrons. The molecule has 1 atom stereocenters. The van der Waals surface area contributed by atoms with Crippen LogP contribution in [0.15, 0.2) is 41.4 Å². The van der Waals surface area contributed by atoms with Gasteiger partial charge in [0.2, 0.25) is 23.5 Å². The molecule has 3 heterocycles. The van der Waals surface area contributed by atoms with Crippen molar-refractivity contribution in [1.82, 2.24) is 19.9 Å². The molecule has 8 heteroatoms. The topological polar surface area (TPSA) is 79.5 Å². The Balaban J connectivity index is 1.34. The highest BCUT2D eigenvalue weighted by molar-refractivity contribution is 5.87. The zero-order chi connectivity index (χ0) is 20.4. The SMILES string of the molecule is C=CC(=O)N1CC(CC(=O)N2CCCC(c3nc(-c4ccc(F)cc4)no3)C2)C1. The van der Waals surface area contributed by atoms with E-state index in [2.05, 4.69) is 16.7 Å². The molecule has 2 fully saturated rings. The molecule has 0 radical (unpaired) electrons. The van der Waals surface area contributed by atoms with Gasteiger partial charge in [-0.15, -0.1) is 0 Å². The number of halogens is 1. The van der Waals surface area contributed by atoms with Gasteiger partial charge in [0, 0.05) is 44.1 Å². The Morgan fingerprint density at radius 2 is 1.97 bits per heavy atom. The summed E-state index contributed by atoms with van der Waals surface area (Å²) in [6.45, 7) is 5.97. The molecule has 7 nitrogen and oxygen atoms in total.